The van der Waals surface area contributed by atoms with Crippen LogP contribution in [0.4, 0.5) is 0 Å². The van der Waals surface area contributed by atoms with Crippen molar-refractivity contribution in [3.8, 4) is 5.75 Å². The Labute approximate surface area is 105 Å². The second-order valence-electron chi connectivity index (χ2n) is 4.28. The number of hydrogen-bond acceptors (Lipinski definition) is 3. The van der Waals surface area contributed by atoms with Crippen molar-refractivity contribution in [1.29, 1.82) is 0 Å². The van der Waals surface area contributed by atoms with Gasteiger partial charge in [-0.2, -0.15) is 0 Å². The summed E-state index contributed by atoms with van der Waals surface area (Å²) in [5.74, 6) is 1.39. The summed E-state index contributed by atoms with van der Waals surface area (Å²) >= 11 is 0. The minimum atomic E-state index is -0.867. The van der Waals surface area contributed by atoms with Gasteiger partial charge in [0, 0.05) is 23.2 Å². The third-order valence-electron chi connectivity index (χ3n) is 3.09. The van der Waals surface area contributed by atoms with Crippen LogP contribution in [-0.4, -0.2) is 29.3 Å². The molecule has 0 aromatic heterocycles. The summed E-state index contributed by atoms with van der Waals surface area (Å²) < 4.78 is 22.8. The van der Waals surface area contributed by atoms with Crippen LogP contribution in [0.1, 0.15) is 18.9 Å². The smallest absolute Gasteiger partial charge is 0.119 e. The maximum absolute atomic E-state index is 12.2. The van der Waals surface area contributed by atoms with Gasteiger partial charge in [0.05, 0.1) is 18.5 Å². The number of ether oxygens (including phenoxy) is 2. The van der Waals surface area contributed by atoms with Gasteiger partial charge in [0.15, 0.2) is 0 Å². The van der Waals surface area contributed by atoms with Crippen LogP contribution in [0, 0.1) is 0 Å². The van der Waals surface area contributed by atoms with Gasteiger partial charge in [0.1, 0.15) is 5.75 Å². The van der Waals surface area contributed by atoms with Crippen LogP contribution >= 0.6 is 0 Å². The Morgan fingerprint density at radius 3 is 3.00 bits per heavy atom. The highest BCUT2D eigenvalue weighted by Gasteiger charge is 2.29. The predicted molar refractivity (Wildman–Crippen MR) is 68.7 cm³/mol. The van der Waals surface area contributed by atoms with E-state index in [0.717, 1.165) is 24.3 Å². The van der Waals surface area contributed by atoms with Gasteiger partial charge < -0.3 is 9.47 Å². The van der Waals surface area contributed by atoms with Crippen LogP contribution in [0.3, 0.4) is 0 Å². The molecule has 0 N–H and O–H groups in total. The number of rotatable bonds is 4. The van der Waals surface area contributed by atoms with Crippen molar-refractivity contribution in [3.05, 3.63) is 29.8 Å². The maximum atomic E-state index is 12.2. The molecule has 4 heteroatoms. The van der Waals surface area contributed by atoms with E-state index in [2.05, 4.69) is 0 Å². The van der Waals surface area contributed by atoms with Gasteiger partial charge in [-0.05, 0) is 31.0 Å². The molecule has 3 unspecified atom stereocenters. The Hall–Kier alpha value is -0.870. The van der Waals surface area contributed by atoms with Crippen molar-refractivity contribution in [2.45, 2.75) is 30.5 Å². The minimum Gasteiger partial charge on any atom is -0.497 e. The van der Waals surface area contributed by atoms with Crippen LogP contribution in [0.15, 0.2) is 24.3 Å². The molecule has 0 bridgehead atoms. The topological polar surface area (TPSA) is 35.5 Å². The summed E-state index contributed by atoms with van der Waals surface area (Å²) in [6, 6.07) is 7.76. The predicted octanol–water partition coefficient (Wildman–Crippen LogP) is 2.12. The zero-order valence-electron chi connectivity index (χ0n) is 10.2. The highest BCUT2D eigenvalue weighted by atomic mass is 32.2. The number of hydrogen-bond donors (Lipinski definition) is 0. The number of benzene rings is 1. The van der Waals surface area contributed by atoms with Gasteiger partial charge >= 0.3 is 0 Å². The van der Waals surface area contributed by atoms with E-state index in [1.54, 1.807) is 7.11 Å². The lowest BCUT2D eigenvalue weighted by Crippen LogP contribution is -2.24. The lowest BCUT2D eigenvalue weighted by Gasteiger charge is -2.13. The monoisotopic (exact) mass is 254 g/mol. The lowest BCUT2D eigenvalue weighted by atomic mass is 10.2. The molecule has 1 fully saturated rings. The highest BCUT2D eigenvalue weighted by Crippen LogP contribution is 2.22. The molecule has 1 aromatic carbocycles. The van der Waals surface area contributed by atoms with Gasteiger partial charge in [-0.3, -0.25) is 4.21 Å². The lowest BCUT2D eigenvalue weighted by molar-refractivity contribution is 0.127. The minimum absolute atomic E-state index is 0.112. The summed E-state index contributed by atoms with van der Waals surface area (Å²) in [4.78, 5) is 0. The molecule has 0 spiro atoms. The normalized spacial score (nSPS) is 25.8. The molecule has 0 radical (unpaired) electrons. The van der Waals surface area contributed by atoms with Gasteiger partial charge in [0.25, 0.3) is 0 Å². The molecule has 3 atom stereocenters. The zero-order chi connectivity index (χ0) is 12.3. The summed E-state index contributed by atoms with van der Waals surface area (Å²) in [6.45, 7) is 2.73. The van der Waals surface area contributed by atoms with Crippen molar-refractivity contribution in [3.63, 3.8) is 0 Å². The van der Waals surface area contributed by atoms with Crippen molar-refractivity contribution >= 4 is 10.8 Å². The van der Waals surface area contributed by atoms with E-state index < -0.39 is 10.8 Å². The molecule has 17 heavy (non-hydrogen) atoms. The van der Waals surface area contributed by atoms with Gasteiger partial charge in [-0.15, -0.1) is 0 Å². The largest absolute Gasteiger partial charge is 0.497 e. The molecule has 1 aliphatic rings. The molecule has 1 saturated heterocycles. The average molecular weight is 254 g/mol. The number of methoxy groups -OCH3 is 1. The van der Waals surface area contributed by atoms with E-state index in [1.165, 1.54) is 0 Å². The third-order valence-corrected chi connectivity index (χ3v) is 5.00. The maximum Gasteiger partial charge on any atom is 0.119 e. The molecule has 2 rings (SSSR count). The van der Waals surface area contributed by atoms with Crippen molar-refractivity contribution in [2.24, 2.45) is 0 Å². The van der Waals surface area contributed by atoms with Crippen molar-refractivity contribution < 1.29 is 13.7 Å². The Morgan fingerprint density at radius 1 is 1.53 bits per heavy atom. The Bertz CT molecular complexity index is 405. The second-order valence-corrected chi connectivity index (χ2v) is 5.94. The summed E-state index contributed by atoms with van der Waals surface area (Å²) in [7, 11) is 0.775. The van der Waals surface area contributed by atoms with Gasteiger partial charge in [0.2, 0.25) is 0 Å². The fourth-order valence-corrected chi connectivity index (χ4v) is 3.68. The molecule has 1 aliphatic heterocycles. The highest BCUT2D eigenvalue weighted by molar-refractivity contribution is 7.84. The average Bonchev–Trinajstić information content (AvgIpc) is 2.76. The molecule has 0 aliphatic carbocycles. The summed E-state index contributed by atoms with van der Waals surface area (Å²) in [6.07, 6.45) is 1.01. The fraction of sp³-hybridized carbons (Fsp3) is 0.538. The first kappa shape index (κ1) is 12.6. The van der Waals surface area contributed by atoms with Crippen molar-refractivity contribution in [1.82, 2.24) is 0 Å². The van der Waals surface area contributed by atoms with Gasteiger partial charge in [-0.25, -0.2) is 0 Å². The first-order chi connectivity index (χ1) is 8.20. The summed E-state index contributed by atoms with van der Waals surface area (Å²) in [5.41, 5.74) is 1.06. The SMILES string of the molecule is COc1cccc(CS(=O)C2CCOC2C)c1. The third kappa shape index (κ3) is 3.07. The van der Waals surface area contributed by atoms with E-state index in [1.807, 2.05) is 31.2 Å². The van der Waals surface area contributed by atoms with Crippen LogP contribution < -0.4 is 4.74 Å². The van der Waals surface area contributed by atoms with E-state index in [4.69, 9.17) is 9.47 Å². The van der Waals surface area contributed by atoms with E-state index >= 15 is 0 Å². The second kappa shape index (κ2) is 5.65. The van der Waals surface area contributed by atoms with E-state index in [0.29, 0.717) is 5.75 Å². The van der Waals surface area contributed by atoms with Crippen molar-refractivity contribution in [2.75, 3.05) is 13.7 Å². The Balaban J connectivity index is 2.02. The zero-order valence-corrected chi connectivity index (χ0v) is 11.0. The quantitative estimate of drug-likeness (QED) is 0.825. The molecule has 94 valence electrons. The fourth-order valence-electron chi connectivity index (χ4n) is 2.09. The van der Waals surface area contributed by atoms with E-state index in [-0.39, 0.29) is 11.4 Å². The Morgan fingerprint density at radius 2 is 2.35 bits per heavy atom. The Kier molecular flexibility index (Phi) is 4.18. The molecular weight excluding hydrogens is 236 g/mol. The van der Waals surface area contributed by atoms with Crippen LogP contribution in [0.5, 0.6) is 5.75 Å². The van der Waals surface area contributed by atoms with E-state index in [9.17, 15) is 4.21 Å². The first-order valence-electron chi connectivity index (χ1n) is 5.82. The molecule has 0 saturated carbocycles. The van der Waals surface area contributed by atoms with Crippen LogP contribution in [0.25, 0.3) is 0 Å². The standard InChI is InChI=1S/C13H18O3S/c1-10-13(6-7-16-10)17(14)9-11-4-3-5-12(8-11)15-2/h3-5,8,10,13H,6-7,9H2,1-2H3. The molecule has 1 aromatic rings. The molecule has 3 nitrogen and oxygen atoms in total. The molecule has 0 amide bonds. The van der Waals surface area contributed by atoms with Crippen LogP contribution in [0.2, 0.25) is 0 Å². The van der Waals surface area contributed by atoms with Gasteiger partial charge in [-0.1, -0.05) is 12.1 Å². The van der Waals surface area contributed by atoms with Crippen LogP contribution in [-0.2, 0) is 21.3 Å². The molecule has 1 heterocycles. The first-order valence-corrected chi connectivity index (χ1v) is 7.20. The summed E-state index contributed by atoms with van der Waals surface area (Å²) in [5, 5.41) is 0.168. The molecular formula is C13H18O3S.